The van der Waals surface area contributed by atoms with E-state index in [1.165, 1.54) is 39.3 Å². The summed E-state index contributed by atoms with van der Waals surface area (Å²) in [5.74, 6) is 0.0429. The number of esters is 1. The number of hydrogen-bond acceptors (Lipinski definition) is 4. The fourth-order valence-corrected chi connectivity index (χ4v) is 5.25. The van der Waals surface area contributed by atoms with Crippen molar-refractivity contribution in [3.05, 3.63) is 56.8 Å². The SMILES string of the molecule is CC1CCc2sc(C(=O)OCC(=O)NC3CCCc4ccccc43)cc2C1. The zero-order valence-electron chi connectivity index (χ0n) is 15.6. The van der Waals surface area contributed by atoms with E-state index in [9.17, 15) is 9.59 Å². The molecule has 1 aromatic carbocycles. The molecule has 2 unspecified atom stereocenters. The quantitative estimate of drug-likeness (QED) is 0.804. The number of rotatable bonds is 4. The van der Waals surface area contributed by atoms with E-state index in [1.54, 1.807) is 0 Å². The molecule has 4 rings (SSSR count). The standard InChI is InChI=1S/C22H25NO3S/c1-14-9-10-19-16(11-14)12-20(27-19)22(25)26-13-21(24)23-18-8-4-6-15-5-2-3-7-17(15)18/h2-3,5,7,12,14,18H,4,6,8-11,13H2,1H3,(H,23,24). The lowest BCUT2D eigenvalue weighted by Gasteiger charge is -2.26. The summed E-state index contributed by atoms with van der Waals surface area (Å²) in [6, 6.07) is 10.2. The Bertz CT molecular complexity index is 857. The average molecular weight is 384 g/mol. The summed E-state index contributed by atoms with van der Waals surface area (Å²) < 4.78 is 5.28. The van der Waals surface area contributed by atoms with Crippen molar-refractivity contribution in [1.82, 2.24) is 5.32 Å². The molecule has 1 aromatic heterocycles. The van der Waals surface area contributed by atoms with Gasteiger partial charge in [0.1, 0.15) is 4.88 Å². The third-order valence-electron chi connectivity index (χ3n) is 5.57. The molecule has 2 aliphatic rings. The Labute approximate surface area is 163 Å². The first-order valence-electron chi connectivity index (χ1n) is 9.76. The molecule has 0 spiro atoms. The molecule has 1 N–H and O–H groups in total. The van der Waals surface area contributed by atoms with Crippen LogP contribution in [0, 0.1) is 5.92 Å². The highest BCUT2D eigenvalue weighted by Crippen LogP contribution is 2.32. The van der Waals surface area contributed by atoms with Crippen molar-refractivity contribution in [2.24, 2.45) is 5.92 Å². The van der Waals surface area contributed by atoms with E-state index in [0.29, 0.717) is 10.8 Å². The summed E-state index contributed by atoms with van der Waals surface area (Å²) in [6.45, 7) is 2.02. The lowest BCUT2D eigenvalue weighted by atomic mass is 9.88. The van der Waals surface area contributed by atoms with Gasteiger partial charge in [0.05, 0.1) is 6.04 Å². The molecule has 0 bridgehead atoms. The van der Waals surface area contributed by atoms with Crippen LogP contribution in [0.4, 0.5) is 0 Å². The van der Waals surface area contributed by atoms with Crippen LogP contribution in [0.1, 0.15) is 63.5 Å². The van der Waals surface area contributed by atoms with E-state index in [1.807, 2.05) is 18.2 Å². The van der Waals surface area contributed by atoms with Gasteiger partial charge < -0.3 is 10.1 Å². The van der Waals surface area contributed by atoms with Crippen LogP contribution in [-0.2, 0) is 28.8 Å². The highest BCUT2D eigenvalue weighted by molar-refractivity contribution is 7.14. The molecule has 0 saturated carbocycles. The molecule has 142 valence electrons. The first-order chi connectivity index (χ1) is 13.1. The normalized spacial score (nSPS) is 21.1. The van der Waals surface area contributed by atoms with Gasteiger partial charge in [-0.15, -0.1) is 11.3 Å². The van der Waals surface area contributed by atoms with Gasteiger partial charge in [0.2, 0.25) is 0 Å². The van der Waals surface area contributed by atoms with Crippen molar-refractivity contribution in [2.75, 3.05) is 6.61 Å². The molecule has 0 fully saturated rings. The second kappa shape index (κ2) is 7.85. The topological polar surface area (TPSA) is 55.4 Å². The van der Waals surface area contributed by atoms with Crippen molar-refractivity contribution >= 4 is 23.2 Å². The molecular weight excluding hydrogens is 358 g/mol. The third kappa shape index (κ3) is 4.08. The van der Waals surface area contributed by atoms with E-state index in [0.717, 1.165) is 32.1 Å². The Morgan fingerprint density at radius 1 is 1.19 bits per heavy atom. The number of benzene rings is 1. The maximum atomic E-state index is 12.3. The molecule has 0 aliphatic heterocycles. The number of thiophene rings is 1. The van der Waals surface area contributed by atoms with Gasteiger partial charge in [0.25, 0.3) is 5.91 Å². The van der Waals surface area contributed by atoms with Gasteiger partial charge in [-0.3, -0.25) is 4.79 Å². The van der Waals surface area contributed by atoms with E-state index in [4.69, 9.17) is 4.74 Å². The highest BCUT2D eigenvalue weighted by atomic mass is 32.1. The van der Waals surface area contributed by atoms with Crippen LogP contribution >= 0.6 is 11.3 Å². The van der Waals surface area contributed by atoms with Crippen LogP contribution in [0.15, 0.2) is 30.3 Å². The van der Waals surface area contributed by atoms with Crippen LogP contribution in [0.25, 0.3) is 0 Å². The number of amides is 1. The van der Waals surface area contributed by atoms with Crippen molar-refractivity contribution in [3.8, 4) is 0 Å². The lowest BCUT2D eigenvalue weighted by Crippen LogP contribution is -2.34. The van der Waals surface area contributed by atoms with Crippen LogP contribution < -0.4 is 5.32 Å². The zero-order chi connectivity index (χ0) is 18.8. The van der Waals surface area contributed by atoms with Gasteiger partial charge in [-0.25, -0.2) is 4.79 Å². The Morgan fingerprint density at radius 2 is 2.04 bits per heavy atom. The van der Waals surface area contributed by atoms with Gasteiger partial charge in [0, 0.05) is 4.88 Å². The molecular formula is C22H25NO3S. The fraction of sp³-hybridized carbons (Fsp3) is 0.455. The Kier molecular flexibility index (Phi) is 5.30. The van der Waals surface area contributed by atoms with Crippen LogP contribution in [0.3, 0.4) is 0 Å². The van der Waals surface area contributed by atoms with Crippen molar-refractivity contribution in [2.45, 2.75) is 51.5 Å². The minimum atomic E-state index is -0.388. The number of nitrogens with one attached hydrogen (secondary N) is 1. The summed E-state index contributed by atoms with van der Waals surface area (Å²) in [7, 11) is 0. The van der Waals surface area contributed by atoms with E-state index >= 15 is 0 Å². The van der Waals surface area contributed by atoms with Crippen LogP contribution in [0.2, 0.25) is 0 Å². The predicted octanol–water partition coefficient (Wildman–Crippen LogP) is 4.22. The number of aryl methyl sites for hydroxylation is 2. The van der Waals surface area contributed by atoms with Crippen LogP contribution in [0.5, 0.6) is 0 Å². The van der Waals surface area contributed by atoms with Crippen molar-refractivity contribution in [3.63, 3.8) is 0 Å². The van der Waals surface area contributed by atoms with Gasteiger partial charge in [-0.1, -0.05) is 31.2 Å². The van der Waals surface area contributed by atoms with E-state index < -0.39 is 0 Å². The molecule has 0 saturated heterocycles. The summed E-state index contributed by atoms with van der Waals surface area (Å²) in [6.07, 6.45) is 6.27. The fourth-order valence-electron chi connectivity index (χ4n) is 4.15. The summed E-state index contributed by atoms with van der Waals surface area (Å²) in [4.78, 5) is 26.6. The van der Waals surface area contributed by atoms with E-state index in [2.05, 4.69) is 24.4 Å². The lowest BCUT2D eigenvalue weighted by molar-refractivity contribution is -0.125. The molecule has 4 nitrogen and oxygen atoms in total. The van der Waals surface area contributed by atoms with Crippen molar-refractivity contribution in [1.29, 1.82) is 0 Å². The minimum absolute atomic E-state index is 0.0108. The minimum Gasteiger partial charge on any atom is -0.451 e. The Morgan fingerprint density at radius 3 is 2.93 bits per heavy atom. The molecule has 1 heterocycles. The summed E-state index contributed by atoms with van der Waals surface area (Å²) >= 11 is 1.52. The second-order valence-corrected chi connectivity index (χ2v) is 8.83. The molecule has 27 heavy (non-hydrogen) atoms. The first kappa shape index (κ1) is 18.2. The Hall–Kier alpha value is -2.14. The molecule has 5 heteroatoms. The number of fused-ring (bicyclic) bond motifs is 2. The zero-order valence-corrected chi connectivity index (χ0v) is 16.4. The second-order valence-electron chi connectivity index (χ2n) is 7.69. The van der Waals surface area contributed by atoms with Gasteiger partial charge in [0.15, 0.2) is 6.61 Å². The highest BCUT2D eigenvalue weighted by Gasteiger charge is 2.24. The summed E-state index contributed by atoms with van der Waals surface area (Å²) in [5.41, 5.74) is 3.75. The number of hydrogen-bond donors (Lipinski definition) is 1. The van der Waals surface area contributed by atoms with Gasteiger partial charge in [-0.05, 0) is 67.2 Å². The number of carbonyl (C=O) groups is 2. The number of carbonyl (C=O) groups excluding carboxylic acids is 2. The maximum Gasteiger partial charge on any atom is 0.348 e. The predicted molar refractivity (Wildman–Crippen MR) is 106 cm³/mol. The van der Waals surface area contributed by atoms with E-state index in [-0.39, 0.29) is 24.5 Å². The summed E-state index contributed by atoms with van der Waals surface area (Å²) in [5, 5.41) is 3.02. The number of ether oxygens (including phenoxy) is 1. The van der Waals surface area contributed by atoms with Gasteiger partial charge >= 0.3 is 5.97 Å². The Balaban J connectivity index is 1.33. The van der Waals surface area contributed by atoms with Gasteiger partial charge in [-0.2, -0.15) is 0 Å². The molecule has 0 radical (unpaired) electrons. The maximum absolute atomic E-state index is 12.3. The third-order valence-corrected chi connectivity index (χ3v) is 6.79. The van der Waals surface area contributed by atoms with Crippen LogP contribution in [-0.4, -0.2) is 18.5 Å². The molecule has 2 atom stereocenters. The molecule has 2 aromatic rings. The average Bonchev–Trinajstić information content (AvgIpc) is 3.09. The monoisotopic (exact) mass is 383 g/mol. The first-order valence-corrected chi connectivity index (χ1v) is 10.6. The largest absolute Gasteiger partial charge is 0.451 e. The van der Waals surface area contributed by atoms with Crippen molar-refractivity contribution < 1.29 is 14.3 Å². The molecule has 1 amide bonds. The smallest absolute Gasteiger partial charge is 0.348 e. The molecule has 2 aliphatic carbocycles.